The van der Waals surface area contributed by atoms with Gasteiger partial charge < -0.3 is 15.0 Å². The number of H-pyrrole nitrogens is 1. The van der Waals surface area contributed by atoms with Gasteiger partial charge >= 0.3 is 0 Å². The van der Waals surface area contributed by atoms with Gasteiger partial charge in [0.15, 0.2) is 0 Å². The first-order valence-corrected chi connectivity index (χ1v) is 5.67. The van der Waals surface area contributed by atoms with E-state index in [-0.39, 0.29) is 12.2 Å². The zero-order valence-corrected chi connectivity index (χ0v) is 9.52. The monoisotopic (exact) mass is 222 g/mol. The smallest absolute Gasteiger partial charge is 0.248 e. The van der Waals surface area contributed by atoms with Gasteiger partial charge in [0, 0.05) is 37.4 Å². The quantitative estimate of drug-likeness (QED) is 0.761. The number of aliphatic hydroxyl groups is 1. The van der Waals surface area contributed by atoms with Crippen molar-refractivity contribution in [2.75, 3.05) is 26.7 Å². The van der Waals surface area contributed by atoms with E-state index in [0.29, 0.717) is 11.8 Å². The number of rotatable bonds is 2. The SMILES string of the molecule is CN1CC(CO)C[C@@H](c2cccc(=O)[nH]2)C1. The van der Waals surface area contributed by atoms with Crippen LogP contribution in [0.5, 0.6) is 0 Å². The van der Waals surface area contributed by atoms with Gasteiger partial charge in [-0.1, -0.05) is 6.07 Å². The van der Waals surface area contributed by atoms with Crippen molar-refractivity contribution in [1.29, 1.82) is 0 Å². The third-order valence-electron chi connectivity index (χ3n) is 3.21. The summed E-state index contributed by atoms with van der Waals surface area (Å²) < 4.78 is 0. The maximum absolute atomic E-state index is 11.2. The molecule has 0 bridgehead atoms. The number of aromatic nitrogens is 1. The van der Waals surface area contributed by atoms with E-state index in [4.69, 9.17) is 0 Å². The summed E-state index contributed by atoms with van der Waals surface area (Å²) >= 11 is 0. The van der Waals surface area contributed by atoms with E-state index >= 15 is 0 Å². The molecular formula is C12H18N2O2. The molecule has 1 saturated heterocycles. The molecule has 2 atom stereocenters. The van der Waals surface area contributed by atoms with Crippen LogP contribution in [0.25, 0.3) is 0 Å². The predicted octanol–water partition coefficient (Wildman–Crippen LogP) is 0.402. The molecule has 4 nitrogen and oxygen atoms in total. The number of nitrogens with one attached hydrogen (secondary N) is 1. The Morgan fingerprint density at radius 3 is 3.00 bits per heavy atom. The average Bonchev–Trinajstić information content (AvgIpc) is 2.28. The van der Waals surface area contributed by atoms with Crippen LogP contribution < -0.4 is 5.56 Å². The van der Waals surface area contributed by atoms with Gasteiger partial charge in [-0.3, -0.25) is 4.79 Å². The maximum Gasteiger partial charge on any atom is 0.248 e. The molecule has 0 spiro atoms. The summed E-state index contributed by atoms with van der Waals surface area (Å²) in [4.78, 5) is 16.3. The first-order valence-electron chi connectivity index (χ1n) is 5.67. The zero-order chi connectivity index (χ0) is 11.5. The number of hydrogen-bond acceptors (Lipinski definition) is 3. The number of hydrogen-bond donors (Lipinski definition) is 2. The molecule has 0 amide bonds. The van der Waals surface area contributed by atoms with Crippen molar-refractivity contribution in [3.63, 3.8) is 0 Å². The fraction of sp³-hybridized carbons (Fsp3) is 0.583. The molecule has 1 fully saturated rings. The van der Waals surface area contributed by atoms with E-state index in [1.807, 2.05) is 6.07 Å². The van der Waals surface area contributed by atoms with Gasteiger partial charge in [0.1, 0.15) is 0 Å². The summed E-state index contributed by atoms with van der Waals surface area (Å²) in [6, 6.07) is 5.27. The molecular weight excluding hydrogens is 204 g/mol. The molecule has 1 unspecified atom stereocenters. The predicted molar refractivity (Wildman–Crippen MR) is 62.5 cm³/mol. The zero-order valence-electron chi connectivity index (χ0n) is 9.52. The van der Waals surface area contributed by atoms with Crippen molar-refractivity contribution in [3.8, 4) is 0 Å². The number of piperidine rings is 1. The lowest BCUT2D eigenvalue weighted by molar-refractivity contribution is 0.124. The van der Waals surface area contributed by atoms with E-state index in [2.05, 4.69) is 16.9 Å². The Hall–Kier alpha value is -1.13. The highest BCUT2D eigenvalue weighted by Crippen LogP contribution is 2.27. The van der Waals surface area contributed by atoms with Crippen LogP contribution in [0.3, 0.4) is 0 Å². The number of likely N-dealkylation sites (tertiary alicyclic amines) is 1. The van der Waals surface area contributed by atoms with Gasteiger partial charge in [-0.2, -0.15) is 0 Å². The Bertz CT molecular complexity index is 402. The highest BCUT2D eigenvalue weighted by atomic mass is 16.3. The van der Waals surface area contributed by atoms with Crippen LogP contribution in [-0.2, 0) is 0 Å². The van der Waals surface area contributed by atoms with Gasteiger partial charge in [-0.25, -0.2) is 0 Å². The van der Waals surface area contributed by atoms with Crippen molar-refractivity contribution in [1.82, 2.24) is 9.88 Å². The van der Waals surface area contributed by atoms with Gasteiger partial charge in [0.05, 0.1) is 0 Å². The molecule has 0 saturated carbocycles. The highest BCUT2D eigenvalue weighted by molar-refractivity contribution is 5.11. The normalized spacial score (nSPS) is 26.9. The third-order valence-corrected chi connectivity index (χ3v) is 3.21. The number of nitrogens with zero attached hydrogens (tertiary/aromatic N) is 1. The molecule has 2 heterocycles. The van der Waals surface area contributed by atoms with Crippen LogP contribution in [0.15, 0.2) is 23.0 Å². The maximum atomic E-state index is 11.2. The van der Waals surface area contributed by atoms with Crippen molar-refractivity contribution >= 4 is 0 Å². The van der Waals surface area contributed by atoms with Crippen molar-refractivity contribution in [2.24, 2.45) is 5.92 Å². The lowest BCUT2D eigenvalue weighted by atomic mass is 9.87. The molecule has 1 aromatic rings. The van der Waals surface area contributed by atoms with E-state index in [9.17, 15) is 9.90 Å². The second-order valence-corrected chi connectivity index (χ2v) is 4.67. The van der Waals surface area contributed by atoms with E-state index in [0.717, 1.165) is 25.2 Å². The van der Waals surface area contributed by atoms with Crippen LogP contribution in [0, 0.1) is 5.92 Å². The van der Waals surface area contributed by atoms with Crippen LogP contribution in [-0.4, -0.2) is 41.7 Å². The summed E-state index contributed by atoms with van der Waals surface area (Å²) in [5, 5.41) is 9.23. The Labute approximate surface area is 94.9 Å². The summed E-state index contributed by atoms with van der Waals surface area (Å²) in [5.74, 6) is 0.636. The summed E-state index contributed by atoms with van der Waals surface area (Å²) in [6.07, 6.45) is 0.945. The number of aliphatic hydroxyl groups excluding tert-OH is 1. The van der Waals surface area contributed by atoms with Gasteiger partial charge in [0.2, 0.25) is 5.56 Å². The Morgan fingerprint density at radius 1 is 1.50 bits per heavy atom. The molecule has 0 aromatic carbocycles. The largest absolute Gasteiger partial charge is 0.396 e. The molecule has 2 N–H and O–H groups in total. The van der Waals surface area contributed by atoms with E-state index in [1.165, 1.54) is 6.07 Å². The molecule has 1 aliphatic rings. The molecule has 2 rings (SSSR count). The minimum Gasteiger partial charge on any atom is -0.396 e. The number of pyridine rings is 1. The Balaban J connectivity index is 2.17. The number of aromatic amines is 1. The number of likely N-dealkylation sites (N-methyl/N-ethyl adjacent to an activating group) is 1. The first-order chi connectivity index (χ1) is 7.69. The fourth-order valence-corrected chi connectivity index (χ4v) is 2.50. The second kappa shape index (κ2) is 4.80. The van der Waals surface area contributed by atoms with Crippen molar-refractivity contribution < 1.29 is 5.11 Å². The summed E-state index contributed by atoms with van der Waals surface area (Å²) in [5.41, 5.74) is 0.934. The molecule has 1 aromatic heterocycles. The molecule has 0 aliphatic carbocycles. The second-order valence-electron chi connectivity index (χ2n) is 4.67. The highest BCUT2D eigenvalue weighted by Gasteiger charge is 2.26. The summed E-state index contributed by atoms with van der Waals surface area (Å²) in [7, 11) is 2.05. The fourth-order valence-electron chi connectivity index (χ4n) is 2.50. The lowest BCUT2D eigenvalue weighted by Gasteiger charge is -2.34. The topological polar surface area (TPSA) is 56.3 Å². The van der Waals surface area contributed by atoms with Crippen LogP contribution >= 0.6 is 0 Å². The van der Waals surface area contributed by atoms with Gasteiger partial charge in [0.25, 0.3) is 0 Å². The van der Waals surface area contributed by atoms with Gasteiger partial charge in [-0.15, -0.1) is 0 Å². The van der Waals surface area contributed by atoms with E-state index in [1.54, 1.807) is 6.07 Å². The van der Waals surface area contributed by atoms with Crippen LogP contribution in [0.4, 0.5) is 0 Å². The van der Waals surface area contributed by atoms with Crippen molar-refractivity contribution in [3.05, 3.63) is 34.2 Å². The minimum absolute atomic E-state index is 0.0497. The molecule has 1 aliphatic heterocycles. The lowest BCUT2D eigenvalue weighted by Crippen LogP contribution is -2.38. The summed E-state index contributed by atoms with van der Waals surface area (Å²) in [6.45, 7) is 2.10. The molecule has 16 heavy (non-hydrogen) atoms. The Morgan fingerprint density at radius 2 is 2.31 bits per heavy atom. The van der Waals surface area contributed by atoms with E-state index < -0.39 is 0 Å². The van der Waals surface area contributed by atoms with Crippen molar-refractivity contribution in [2.45, 2.75) is 12.3 Å². The minimum atomic E-state index is -0.0497. The molecule has 88 valence electrons. The standard InChI is InChI=1S/C12H18N2O2/c1-14-6-9(8-15)5-10(7-14)11-3-2-4-12(16)13-11/h2-4,9-10,15H,5-8H2,1H3,(H,13,16)/t9?,10-/m1/s1. The van der Waals surface area contributed by atoms with Crippen LogP contribution in [0.2, 0.25) is 0 Å². The van der Waals surface area contributed by atoms with Crippen LogP contribution in [0.1, 0.15) is 18.0 Å². The average molecular weight is 222 g/mol. The molecule has 0 radical (unpaired) electrons. The first kappa shape index (κ1) is 11.4. The molecule has 4 heteroatoms. The third kappa shape index (κ3) is 2.51. The Kier molecular flexibility index (Phi) is 3.41. The van der Waals surface area contributed by atoms with Gasteiger partial charge in [-0.05, 0) is 25.5 Å².